The molecule has 0 fully saturated rings. The number of amides is 1. The van der Waals surface area contributed by atoms with Crippen LogP contribution in [0, 0.1) is 0 Å². The normalized spacial score (nSPS) is 13.8. The largest absolute Gasteiger partial charge is 0.387 e. The number of carbonyl (C=O) groups excluding carboxylic acids is 1. The molecule has 0 spiro atoms. The van der Waals surface area contributed by atoms with Crippen LogP contribution in [0.2, 0.25) is 0 Å². The molecule has 1 aromatic rings. The Hall–Kier alpha value is -1.39. The van der Waals surface area contributed by atoms with Crippen LogP contribution in [0.3, 0.4) is 0 Å². The summed E-state index contributed by atoms with van der Waals surface area (Å²) >= 11 is 0. The highest BCUT2D eigenvalue weighted by Crippen LogP contribution is 2.10. The van der Waals surface area contributed by atoms with Gasteiger partial charge < -0.3 is 15.7 Å². The lowest BCUT2D eigenvalue weighted by molar-refractivity contribution is -0.121. The predicted molar refractivity (Wildman–Crippen MR) is 76.8 cm³/mol. The molecule has 1 amide bonds. The maximum atomic E-state index is 11.5. The molecule has 0 bridgehead atoms. The molecule has 4 nitrogen and oxygen atoms in total. The molecule has 0 heterocycles. The quantitative estimate of drug-likeness (QED) is 0.625. The number of hydrogen-bond acceptors (Lipinski definition) is 3. The Morgan fingerprint density at radius 2 is 2.00 bits per heavy atom. The summed E-state index contributed by atoms with van der Waals surface area (Å²) in [5.74, 6) is 0.0519. The molecule has 3 N–H and O–H groups in total. The topological polar surface area (TPSA) is 61.4 Å². The second-order valence-corrected chi connectivity index (χ2v) is 4.76. The van der Waals surface area contributed by atoms with Crippen molar-refractivity contribution in [2.75, 3.05) is 13.1 Å². The lowest BCUT2D eigenvalue weighted by atomic mass is 10.1. The first-order valence-corrected chi connectivity index (χ1v) is 6.86. The molecule has 2 atom stereocenters. The summed E-state index contributed by atoms with van der Waals surface area (Å²) in [7, 11) is 0. The van der Waals surface area contributed by atoms with Crippen LogP contribution in [-0.2, 0) is 4.79 Å². The Labute approximate surface area is 115 Å². The second-order valence-electron chi connectivity index (χ2n) is 4.76. The zero-order valence-electron chi connectivity index (χ0n) is 11.7. The molecule has 0 aliphatic heterocycles. The third-order valence-electron chi connectivity index (χ3n) is 3.07. The minimum atomic E-state index is -0.529. The fourth-order valence-electron chi connectivity index (χ4n) is 1.68. The van der Waals surface area contributed by atoms with Gasteiger partial charge in [-0.25, -0.2) is 0 Å². The molecule has 0 saturated carbocycles. The van der Waals surface area contributed by atoms with Crippen LogP contribution in [0.15, 0.2) is 30.3 Å². The van der Waals surface area contributed by atoms with E-state index >= 15 is 0 Å². The fourth-order valence-corrected chi connectivity index (χ4v) is 1.68. The number of hydrogen-bond donors (Lipinski definition) is 3. The predicted octanol–water partition coefficient (Wildman–Crippen LogP) is 1.61. The zero-order chi connectivity index (χ0) is 14.1. The van der Waals surface area contributed by atoms with Crippen molar-refractivity contribution < 1.29 is 9.90 Å². The number of rotatable bonds is 8. The van der Waals surface area contributed by atoms with Gasteiger partial charge in [-0.1, -0.05) is 37.3 Å². The first-order chi connectivity index (χ1) is 9.13. The Balaban J connectivity index is 2.15. The van der Waals surface area contributed by atoms with Crippen molar-refractivity contribution in [3.8, 4) is 0 Å². The smallest absolute Gasteiger partial charge is 0.221 e. The molecule has 1 rings (SSSR count). The van der Waals surface area contributed by atoms with Crippen molar-refractivity contribution in [3.63, 3.8) is 0 Å². The highest BCUT2D eigenvalue weighted by Gasteiger charge is 2.07. The van der Waals surface area contributed by atoms with E-state index in [-0.39, 0.29) is 11.9 Å². The van der Waals surface area contributed by atoms with E-state index in [9.17, 15) is 9.90 Å². The number of carbonyl (C=O) groups is 1. The van der Waals surface area contributed by atoms with E-state index in [1.807, 2.05) is 44.2 Å². The molecule has 0 saturated heterocycles. The molecule has 0 aliphatic rings. The van der Waals surface area contributed by atoms with Gasteiger partial charge in [0.25, 0.3) is 0 Å². The maximum Gasteiger partial charge on any atom is 0.221 e. The van der Waals surface area contributed by atoms with E-state index in [4.69, 9.17) is 0 Å². The third kappa shape index (κ3) is 6.36. The van der Waals surface area contributed by atoms with Gasteiger partial charge in [0.2, 0.25) is 5.91 Å². The molecular formula is C15H24N2O2. The van der Waals surface area contributed by atoms with Crippen molar-refractivity contribution >= 4 is 5.91 Å². The summed E-state index contributed by atoms with van der Waals surface area (Å²) in [4.78, 5) is 11.5. The van der Waals surface area contributed by atoms with E-state index in [1.54, 1.807) is 0 Å². The van der Waals surface area contributed by atoms with E-state index in [2.05, 4.69) is 10.6 Å². The standard InChI is InChI=1S/C15H24N2O2/c1-3-12(2)17-15(19)9-10-16-11-14(18)13-7-5-4-6-8-13/h4-8,12,14,16,18H,3,9-11H2,1-2H3,(H,17,19). The van der Waals surface area contributed by atoms with Crippen LogP contribution >= 0.6 is 0 Å². The van der Waals surface area contributed by atoms with E-state index in [0.29, 0.717) is 19.5 Å². The van der Waals surface area contributed by atoms with Crippen molar-refractivity contribution in [1.29, 1.82) is 0 Å². The molecule has 1 aromatic carbocycles. The number of aliphatic hydroxyl groups is 1. The second kappa shape index (κ2) is 8.67. The average molecular weight is 264 g/mol. The monoisotopic (exact) mass is 264 g/mol. The molecule has 0 aliphatic carbocycles. The van der Waals surface area contributed by atoms with Gasteiger partial charge in [-0.15, -0.1) is 0 Å². The summed E-state index contributed by atoms with van der Waals surface area (Å²) < 4.78 is 0. The van der Waals surface area contributed by atoms with Crippen LogP contribution in [0.5, 0.6) is 0 Å². The fraction of sp³-hybridized carbons (Fsp3) is 0.533. The van der Waals surface area contributed by atoms with Gasteiger partial charge in [-0.05, 0) is 18.9 Å². The van der Waals surface area contributed by atoms with E-state index in [1.165, 1.54) is 0 Å². The van der Waals surface area contributed by atoms with Crippen LogP contribution in [0.25, 0.3) is 0 Å². The number of benzene rings is 1. The summed E-state index contributed by atoms with van der Waals surface area (Å²) in [6.07, 6.45) is 0.844. The molecule has 106 valence electrons. The SMILES string of the molecule is CCC(C)NC(=O)CCNCC(O)c1ccccc1. The van der Waals surface area contributed by atoms with Crippen LogP contribution in [0.1, 0.15) is 38.4 Å². The highest BCUT2D eigenvalue weighted by molar-refractivity contribution is 5.76. The first-order valence-electron chi connectivity index (χ1n) is 6.86. The Morgan fingerprint density at radius 3 is 2.63 bits per heavy atom. The first kappa shape index (κ1) is 15.7. The van der Waals surface area contributed by atoms with Gasteiger partial charge >= 0.3 is 0 Å². The Morgan fingerprint density at radius 1 is 1.32 bits per heavy atom. The van der Waals surface area contributed by atoms with Gasteiger partial charge in [-0.3, -0.25) is 4.79 Å². The van der Waals surface area contributed by atoms with Crippen molar-refractivity contribution in [3.05, 3.63) is 35.9 Å². The van der Waals surface area contributed by atoms with E-state index in [0.717, 1.165) is 12.0 Å². The molecular weight excluding hydrogens is 240 g/mol. The van der Waals surface area contributed by atoms with Crippen LogP contribution in [0.4, 0.5) is 0 Å². The lowest BCUT2D eigenvalue weighted by Crippen LogP contribution is -2.34. The van der Waals surface area contributed by atoms with E-state index < -0.39 is 6.10 Å². The molecule has 0 radical (unpaired) electrons. The van der Waals surface area contributed by atoms with Crippen LogP contribution < -0.4 is 10.6 Å². The number of aliphatic hydroxyl groups excluding tert-OH is 1. The van der Waals surface area contributed by atoms with Crippen molar-refractivity contribution in [2.24, 2.45) is 0 Å². The third-order valence-corrected chi connectivity index (χ3v) is 3.07. The number of nitrogens with one attached hydrogen (secondary N) is 2. The maximum absolute atomic E-state index is 11.5. The Kier molecular flexibility index (Phi) is 7.15. The molecule has 19 heavy (non-hydrogen) atoms. The van der Waals surface area contributed by atoms with Crippen LogP contribution in [-0.4, -0.2) is 30.1 Å². The van der Waals surface area contributed by atoms with Gasteiger partial charge in [0.05, 0.1) is 6.10 Å². The van der Waals surface area contributed by atoms with Gasteiger partial charge in [0, 0.05) is 25.6 Å². The Bertz CT molecular complexity index is 368. The zero-order valence-corrected chi connectivity index (χ0v) is 11.7. The summed E-state index contributed by atoms with van der Waals surface area (Å²) in [6, 6.07) is 9.73. The average Bonchev–Trinajstić information content (AvgIpc) is 2.44. The van der Waals surface area contributed by atoms with Crippen molar-refractivity contribution in [2.45, 2.75) is 38.8 Å². The van der Waals surface area contributed by atoms with Crippen molar-refractivity contribution in [1.82, 2.24) is 10.6 Å². The van der Waals surface area contributed by atoms with Gasteiger partial charge in [0.15, 0.2) is 0 Å². The summed E-state index contributed by atoms with van der Waals surface area (Å²) in [5, 5.41) is 15.9. The molecule has 4 heteroatoms. The minimum absolute atomic E-state index is 0.0519. The van der Waals surface area contributed by atoms with Gasteiger partial charge in [-0.2, -0.15) is 0 Å². The highest BCUT2D eigenvalue weighted by atomic mass is 16.3. The lowest BCUT2D eigenvalue weighted by Gasteiger charge is -2.13. The molecule has 2 unspecified atom stereocenters. The molecule has 0 aromatic heterocycles. The minimum Gasteiger partial charge on any atom is -0.387 e. The summed E-state index contributed by atoms with van der Waals surface area (Å²) in [6.45, 7) is 5.07. The van der Waals surface area contributed by atoms with Gasteiger partial charge in [0.1, 0.15) is 0 Å². The summed E-state index contributed by atoms with van der Waals surface area (Å²) in [5.41, 5.74) is 0.888.